The third-order valence-electron chi connectivity index (χ3n) is 4.58. The zero-order valence-corrected chi connectivity index (χ0v) is 14.1. The summed E-state index contributed by atoms with van der Waals surface area (Å²) in [6.45, 7) is 0.489. The summed E-state index contributed by atoms with van der Waals surface area (Å²) in [6.07, 6.45) is 4.33. The Morgan fingerprint density at radius 3 is 2.52 bits per heavy atom. The molecule has 3 rings (SSSR count). The first-order valence-electron chi connectivity index (χ1n) is 8.08. The fourth-order valence-corrected chi connectivity index (χ4v) is 3.16. The molecule has 0 aromatic heterocycles. The first-order chi connectivity index (χ1) is 11.2. The van der Waals surface area contributed by atoms with Crippen LogP contribution in [0.1, 0.15) is 41.6 Å². The standard InChI is InChI=1S/C20H21ClO2/c1-23-13-17-12-16(20(22)11-14-3-2-4-14)7-10-19(17)15-5-8-18(21)9-6-15/h5-10,12,14H,2-4,11,13H2,1H3. The molecule has 23 heavy (non-hydrogen) atoms. The fourth-order valence-electron chi connectivity index (χ4n) is 3.03. The molecule has 3 heteroatoms. The average Bonchev–Trinajstić information content (AvgIpc) is 2.52. The van der Waals surface area contributed by atoms with Crippen molar-refractivity contribution in [1.29, 1.82) is 0 Å². The minimum atomic E-state index is 0.245. The van der Waals surface area contributed by atoms with Crippen LogP contribution in [-0.4, -0.2) is 12.9 Å². The second-order valence-corrected chi connectivity index (χ2v) is 6.67. The predicted octanol–water partition coefficient (Wildman–Crippen LogP) is 5.53. The van der Waals surface area contributed by atoms with E-state index in [0.29, 0.717) is 24.0 Å². The normalized spacial score (nSPS) is 14.5. The molecule has 0 radical (unpaired) electrons. The summed E-state index contributed by atoms with van der Waals surface area (Å²) in [5.41, 5.74) is 4.00. The van der Waals surface area contributed by atoms with Crippen molar-refractivity contribution in [3.05, 3.63) is 58.6 Å². The van der Waals surface area contributed by atoms with Crippen LogP contribution in [0.3, 0.4) is 0 Å². The molecular weight excluding hydrogens is 308 g/mol. The van der Waals surface area contributed by atoms with Crippen molar-refractivity contribution in [2.24, 2.45) is 5.92 Å². The quantitative estimate of drug-likeness (QED) is 0.652. The lowest BCUT2D eigenvalue weighted by Crippen LogP contribution is -2.16. The van der Waals surface area contributed by atoms with Crippen molar-refractivity contribution < 1.29 is 9.53 Å². The number of benzene rings is 2. The molecule has 1 fully saturated rings. The van der Waals surface area contributed by atoms with Gasteiger partial charge in [0.2, 0.25) is 0 Å². The van der Waals surface area contributed by atoms with Crippen molar-refractivity contribution in [3.8, 4) is 11.1 Å². The van der Waals surface area contributed by atoms with Crippen LogP contribution in [0.25, 0.3) is 11.1 Å². The molecule has 0 heterocycles. The minimum Gasteiger partial charge on any atom is -0.380 e. The molecule has 2 aromatic rings. The van der Waals surface area contributed by atoms with Gasteiger partial charge < -0.3 is 4.74 Å². The predicted molar refractivity (Wildman–Crippen MR) is 93.9 cm³/mol. The highest BCUT2D eigenvalue weighted by Gasteiger charge is 2.21. The Kier molecular flexibility index (Phi) is 5.14. The molecule has 0 atom stereocenters. The van der Waals surface area contributed by atoms with Crippen LogP contribution in [0.5, 0.6) is 0 Å². The van der Waals surface area contributed by atoms with Gasteiger partial charge in [0.15, 0.2) is 5.78 Å². The second kappa shape index (κ2) is 7.29. The molecule has 1 aliphatic carbocycles. The highest BCUT2D eigenvalue weighted by atomic mass is 35.5. The first kappa shape index (κ1) is 16.2. The maximum Gasteiger partial charge on any atom is 0.163 e. The van der Waals surface area contributed by atoms with Gasteiger partial charge in [-0.05, 0) is 40.8 Å². The average molecular weight is 329 g/mol. The van der Waals surface area contributed by atoms with Gasteiger partial charge >= 0.3 is 0 Å². The molecule has 1 aliphatic rings. The zero-order valence-electron chi connectivity index (χ0n) is 13.3. The van der Waals surface area contributed by atoms with Crippen molar-refractivity contribution in [3.63, 3.8) is 0 Å². The van der Waals surface area contributed by atoms with Gasteiger partial charge in [-0.3, -0.25) is 4.79 Å². The number of halogens is 1. The van der Waals surface area contributed by atoms with Gasteiger partial charge in [0.25, 0.3) is 0 Å². The van der Waals surface area contributed by atoms with Crippen LogP contribution < -0.4 is 0 Å². The molecule has 120 valence electrons. The summed E-state index contributed by atoms with van der Waals surface area (Å²) in [6, 6.07) is 13.7. The SMILES string of the molecule is COCc1cc(C(=O)CC2CCC2)ccc1-c1ccc(Cl)cc1. The highest BCUT2D eigenvalue weighted by molar-refractivity contribution is 6.30. The van der Waals surface area contributed by atoms with E-state index in [9.17, 15) is 4.79 Å². The Bertz CT molecular complexity index is 687. The van der Waals surface area contributed by atoms with Crippen LogP contribution in [0.15, 0.2) is 42.5 Å². The maximum atomic E-state index is 12.4. The first-order valence-corrected chi connectivity index (χ1v) is 8.46. The molecule has 0 spiro atoms. The van der Waals surface area contributed by atoms with Gasteiger partial charge in [0.1, 0.15) is 0 Å². The van der Waals surface area contributed by atoms with Crippen molar-refractivity contribution in [2.75, 3.05) is 7.11 Å². The third-order valence-corrected chi connectivity index (χ3v) is 4.83. The van der Waals surface area contributed by atoms with Crippen molar-refractivity contribution >= 4 is 17.4 Å². The highest BCUT2D eigenvalue weighted by Crippen LogP contribution is 2.32. The van der Waals surface area contributed by atoms with Gasteiger partial charge in [-0.25, -0.2) is 0 Å². The lowest BCUT2D eigenvalue weighted by Gasteiger charge is -2.24. The number of hydrogen-bond acceptors (Lipinski definition) is 2. The van der Waals surface area contributed by atoms with Gasteiger partial charge in [0.05, 0.1) is 6.61 Å². The van der Waals surface area contributed by atoms with E-state index in [-0.39, 0.29) is 5.78 Å². The summed E-state index contributed by atoms with van der Waals surface area (Å²) in [5.74, 6) is 0.832. The molecule has 0 N–H and O–H groups in total. The van der Waals surface area contributed by atoms with Crippen molar-refractivity contribution in [2.45, 2.75) is 32.3 Å². The number of Topliss-reactive ketones (excluding diaryl/α,β-unsaturated/α-hetero) is 1. The van der Waals surface area contributed by atoms with E-state index in [1.54, 1.807) is 7.11 Å². The molecule has 0 unspecified atom stereocenters. The van der Waals surface area contributed by atoms with Gasteiger partial charge in [-0.15, -0.1) is 0 Å². The number of ether oxygens (including phenoxy) is 1. The number of ketones is 1. The smallest absolute Gasteiger partial charge is 0.163 e. The monoisotopic (exact) mass is 328 g/mol. The van der Waals surface area contributed by atoms with E-state index >= 15 is 0 Å². The van der Waals surface area contributed by atoms with E-state index in [1.165, 1.54) is 19.3 Å². The number of hydrogen-bond donors (Lipinski definition) is 0. The molecule has 2 aromatic carbocycles. The third kappa shape index (κ3) is 3.82. The molecule has 0 saturated heterocycles. The summed E-state index contributed by atoms with van der Waals surface area (Å²) in [7, 11) is 1.68. The molecule has 1 saturated carbocycles. The largest absolute Gasteiger partial charge is 0.380 e. The summed E-state index contributed by atoms with van der Waals surface area (Å²) >= 11 is 5.97. The second-order valence-electron chi connectivity index (χ2n) is 6.24. The molecular formula is C20H21ClO2. The van der Waals surface area contributed by atoms with Gasteiger partial charge in [-0.1, -0.05) is 55.1 Å². The Morgan fingerprint density at radius 1 is 1.17 bits per heavy atom. The van der Waals surface area contributed by atoms with Crippen LogP contribution in [-0.2, 0) is 11.3 Å². The molecule has 2 nitrogen and oxygen atoms in total. The van der Waals surface area contributed by atoms with Gasteiger partial charge in [0, 0.05) is 24.1 Å². The van der Waals surface area contributed by atoms with Gasteiger partial charge in [-0.2, -0.15) is 0 Å². The van der Waals surface area contributed by atoms with Crippen molar-refractivity contribution in [1.82, 2.24) is 0 Å². The zero-order chi connectivity index (χ0) is 16.2. The van der Waals surface area contributed by atoms with E-state index < -0.39 is 0 Å². The molecule has 0 bridgehead atoms. The maximum absolute atomic E-state index is 12.4. The van der Waals surface area contributed by atoms with Crippen LogP contribution in [0.2, 0.25) is 5.02 Å². The number of carbonyl (C=O) groups is 1. The number of methoxy groups -OCH3 is 1. The lowest BCUT2D eigenvalue weighted by molar-refractivity contribution is 0.0936. The Morgan fingerprint density at radius 2 is 1.91 bits per heavy atom. The fraction of sp³-hybridized carbons (Fsp3) is 0.350. The number of rotatable bonds is 6. The number of carbonyl (C=O) groups excluding carboxylic acids is 1. The molecule has 0 aliphatic heterocycles. The molecule has 0 amide bonds. The summed E-state index contributed by atoms with van der Waals surface area (Å²) < 4.78 is 5.32. The summed E-state index contributed by atoms with van der Waals surface area (Å²) in [5, 5.41) is 0.717. The topological polar surface area (TPSA) is 26.3 Å². The van der Waals surface area contributed by atoms with Crippen LogP contribution in [0.4, 0.5) is 0 Å². The van der Waals surface area contributed by atoms with E-state index in [1.807, 2.05) is 42.5 Å². The van der Waals surface area contributed by atoms with E-state index in [2.05, 4.69) is 0 Å². The Balaban J connectivity index is 1.88. The van der Waals surface area contributed by atoms with Crippen LogP contribution >= 0.6 is 11.6 Å². The summed E-state index contributed by atoms with van der Waals surface area (Å²) in [4.78, 5) is 12.4. The lowest BCUT2D eigenvalue weighted by atomic mass is 9.80. The Labute approximate surface area is 142 Å². The minimum absolute atomic E-state index is 0.245. The Hall–Kier alpha value is -1.64. The van der Waals surface area contributed by atoms with E-state index in [4.69, 9.17) is 16.3 Å². The van der Waals surface area contributed by atoms with E-state index in [0.717, 1.165) is 22.3 Å². The van der Waals surface area contributed by atoms with Crippen LogP contribution in [0, 0.1) is 5.92 Å².